The number of ether oxygens (including phenoxy) is 1. The average molecular weight is 1380 g/mol. The van der Waals surface area contributed by atoms with E-state index in [1.54, 1.807) is 0 Å². The molecule has 564 valence electrons. The average Bonchev–Trinajstić information content (AvgIpc) is 1.83. The van der Waals surface area contributed by atoms with Crippen LogP contribution in [0.15, 0.2) is 0 Å². The Morgan fingerprint density at radius 2 is 0.439 bits per heavy atom. The number of hydrogen-bond donors (Lipinski definition) is 6. The molecular weight excluding hydrogens is 1230 g/mol. The molecule has 98 heavy (non-hydrogen) atoms. The number of likely N-dealkylation sites (tertiary alicyclic amines) is 6. The molecule has 0 aromatic rings. The number of carbonyl (C=O) groups is 6. The number of nitrogens with one attached hydrogen (secondary N) is 6. The molecule has 0 radical (unpaired) electrons. The first-order valence-electron chi connectivity index (χ1n) is 41.2. The van der Waals surface area contributed by atoms with Crippen LogP contribution in [0.3, 0.4) is 0 Å². The second-order valence-corrected chi connectivity index (χ2v) is 31.8. The molecule has 5 saturated carbocycles. The third-order valence-corrected chi connectivity index (χ3v) is 24.2. The van der Waals surface area contributed by atoms with Gasteiger partial charge in [-0.05, 0) is 265 Å². The smallest absolute Gasteiger partial charge is 0.239 e. The molecular formula is C79H146N12O7. The maximum Gasteiger partial charge on any atom is 0.239 e. The third kappa shape index (κ3) is 28.6. The summed E-state index contributed by atoms with van der Waals surface area (Å²) in [6.07, 6.45) is 52.1. The highest BCUT2D eigenvalue weighted by Crippen LogP contribution is 2.33. The highest BCUT2D eigenvalue weighted by Gasteiger charge is 2.35. The Morgan fingerprint density at radius 1 is 0.235 bits per heavy atom. The van der Waals surface area contributed by atoms with Gasteiger partial charge in [-0.25, -0.2) is 0 Å². The summed E-state index contributed by atoms with van der Waals surface area (Å²) in [6.45, 7) is 12.5. The largest absolute Gasteiger partial charge is 0.376 e. The zero-order valence-corrected chi connectivity index (χ0v) is 63.4. The van der Waals surface area contributed by atoms with Crippen LogP contribution in [0.5, 0.6) is 0 Å². The zero-order valence-electron chi connectivity index (χ0n) is 63.4. The van der Waals surface area contributed by atoms with Gasteiger partial charge in [0.05, 0.1) is 42.4 Å². The van der Waals surface area contributed by atoms with Gasteiger partial charge in [0.15, 0.2) is 0 Å². The number of hydrogen-bond acceptors (Lipinski definition) is 13. The third-order valence-electron chi connectivity index (χ3n) is 24.2. The quantitative estimate of drug-likeness (QED) is 0.0709. The predicted molar refractivity (Wildman–Crippen MR) is 398 cm³/mol. The van der Waals surface area contributed by atoms with E-state index in [-0.39, 0.29) is 48.3 Å². The van der Waals surface area contributed by atoms with Crippen LogP contribution in [0, 0.1) is 29.6 Å². The van der Waals surface area contributed by atoms with Crippen LogP contribution in [0.4, 0.5) is 0 Å². The van der Waals surface area contributed by atoms with Crippen molar-refractivity contribution in [3.05, 3.63) is 0 Å². The Hall–Kier alpha value is -3.46. The Morgan fingerprint density at radius 3 is 0.684 bits per heavy atom. The van der Waals surface area contributed by atoms with E-state index >= 15 is 0 Å². The van der Waals surface area contributed by atoms with Gasteiger partial charge < -0.3 is 66.0 Å². The minimum atomic E-state index is 0.0123. The van der Waals surface area contributed by atoms with Crippen molar-refractivity contribution >= 4 is 35.4 Å². The van der Waals surface area contributed by atoms with Crippen molar-refractivity contribution in [3.63, 3.8) is 0 Å². The van der Waals surface area contributed by atoms with E-state index in [2.05, 4.69) is 56.4 Å². The van der Waals surface area contributed by atoms with Crippen LogP contribution in [0.1, 0.15) is 270 Å². The van der Waals surface area contributed by atoms with Crippen LogP contribution in [0.25, 0.3) is 0 Å². The van der Waals surface area contributed by atoms with Crippen LogP contribution < -0.4 is 31.9 Å². The van der Waals surface area contributed by atoms with Crippen molar-refractivity contribution in [2.75, 3.05) is 127 Å². The van der Waals surface area contributed by atoms with Gasteiger partial charge in [-0.2, -0.15) is 0 Å². The van der Waals surface area contributed by atoms with Crippen LogP contribution in [-0.4, -0.2) is 235 Å². The monoisotopic (exact) mass is 1380 g/mol. The number of nitrogens with zero attached hydrogens (tertiary/aromatic N) is 6. The van der Waals surface area contributed by atoms with Gasteiger partial charge in [0, 0.05) is 85.1 Å². The second kappa shape index (κ2) is 47.0. The minimum Gasteiger partial charge on any atom is -0.376 e. The number of rotatable bonds is 18. The van der Waals surface area contributed by atoms with Crippen molar-refractivity contribution in [1.82, 2.24) is 61.3 Å². The SMILES string of the molecule is CNC1CCCCN(CC2CC2)C1=O.CNC1CCCCN(CC2CCC2)C1=O.CNC1CCCCN(CC2CCCC2)C1=O.CNC1CCCCN(CC2CCCCC2)C1=O.CNC1CCCCN(CC2CCCCCC2)C1=O.CNC1CCCCN(CC2CCCCCO2)C1=O. The molecule has 12 fully saturated rings. The highest BCUT2D eigenvalue weighted by molar-refractivity contribution is 5.84. The van der Waals surface area contributed by atoms with Crippen LogP contribution in [0.2, 0.25) is 0 Å². The van der Waals surface area contributed by atoms with Crippen LogP contribution >= 0.6 is 0 Å². The molecule has 6 amide bonds. The van der Waals surface area contributed by atoms with Gasteiger partial charge in [-0.3, -0.25) is 28.8 Å². The van der Waals surface area contributed by atoms with Crippen molar-refractivity contribution in [2.45, 2.75) is 312 Å². The topological polar surface area (TPSA) is 203 Å². The van der Waals surface area contributed by atoms with Gasteiger partial charge in [0.25, 0.3) is 0 Å². The van der Waals surface area contributed by atoms with E-state index < -0.39 is 0 Å². The summed E-state index contributed by atoms with van der Waals surface area (Å²) < 4.78 is 5.85. The summed E-state index contributed by atoms with van der Waals surface area (Å²) in [5, 5.41) is 18.9. The van der Waals surface area contributed by atoms with Gasteiger partial charge in [-0.1, -0.05) is 77.0 Å². The summed E-state index contributed by atoms with van der Waals surface area (Å²) in [5.74, 6) is 5.87. The molecule has 7 unspecified atom stereocenters. The molecule has 0 aromatic carbocycles. The Bertz CT molecular complexity index is 2180. The van der Waals surface area contributed by atoms with Crippen molar-refractivity contribution in [2.24, 2.45) is 29.6 Å². The summed E-state index contributed by atoms with van der Waals surface area (Å²) in [4.78, 5) is 86.0. The molecule has 0 aromatic heterocycles. The van der Waals surface area contributed by atoms with Crippen molar-refractivity contribution in [1.29, 1.82) is 0 Å². The maximum absolute atomic E-state index is 12.4. The molecule has 6 N–H and O–H groups in total. The fourth-order valence-corrected chi connectivity index (χ4v) is 17.3. The summed E-state index contributed by atoms with van der Waals surface area (Å²) in [6, 6.07) is 0.380. The molecule has 7 atom stereocenters. The lowest BCUT2D eigenvalue weighted by Crippen LogP contribution is -2.46. The van der Waals surface area contributed by atoms with E-state index in [4.69, 9.17) is 4.74 Å². The molecule has 7 heterocycles. The molecule has 0 spiro atoms. The zero-order chi connectivity index (χ0) is 69.7. The van der Waals surface area contributed by atoms with Gasteiger partial charge in [0.1, 0.15) is 0 Å². The Kier molecular flexibility index (Phi) is 39.3. The predicted octanol–water partition coefficient (Wildman–Crippen LogP) is 10.4. The van der Waals surface area contributed by atoms with Crippen LogP contribution in [-0.2, 0) is 33.5 Å². The summed E-state index contributed by atoms with van der Waals surface area (Å²) in [7, 11) is 11.4. The minimum absolute atomic E-state index is 0.0123. The number of carbonyl (C=O) groups excluding carboxylic acids is 6. The van der Waals surface area contributed by atoms with E-state index in [1.807, 2.05) is 47.2 Å². The molecule has 19 heteroatoms. The first kappa shape index (κ1) is 81.8. The van der Waals surface area contributed by atoms with Crippen molar-refractivity contribution in [3.8, 4) is 0 Å². The van der Waals surface area contributed by atoms with E-state index in [1.165, 1.54) is 212 Å². The molecule has 12 aliphatic rings. The fraction of sp³-hybridized carbons (Fsp3) is 0.924. The molecule has 5 aliphatic carbocycles. The second-order valence-electron chi connectivity index (χ2n) is 31.8. The first-order valence-corrected chi connectivity index (χ1v) is 41.2. The van der Waals surface area contributed by atoms with Gasteiger partial charge in [0.2, 0.25) is 35.4 Å². The fourth-order valence-electron chi connectivity index (χ4n) is 17.3. The van der Waals surface area contributed by atoms with Crippen molar-refractivity contribution < 1.29 is 33.5 Å². The van der Waals surface area contributed by atoms with E-state index in [0.29, 0.717) is 29.5 Å². The first-order chi connectivity index (χ1) is 47.9. The molecule has 12 rings (SSSR count). The molecule has 7 aliphatic heterocycles. The lowest BCUT2D eigenvalue weighted by atomic mass is 9.85. The standard InChI is InChI=1S/C15H28N2O.C14H26N2O2.C14H26N2O.C13H24N2O.C12H22N2O.C11H20N2O/c1-16-14-10-6-7-11-17(15(14)18)12-13-8-4-2-3-5-9-13;1-15-13-8-4-5-9-16(14(13)17)11-12-7-3-2-6-10-18-12;1-15-13-9-5-6-10-16(14(13)17)11-12-7-3-2-4-8-12;1-14-12-8-4-5-9-15(13(12)16)10-11-6-2-3-7-11;1-13-11-7-2-3-8-14(12(11)15)9-10-5-4-6-10;1-12-10-4-2-3-7-13(11(10)14)8-9-5-6-9/h13-14,16H,2-12H2,1H3;12-13,15H,2-11H2,1H3;12-13,15H,2-11H2,1H3;11-12,14H,2-10H2,1H3;10-11,13H,2-9H2,1H3;9-10,12H,2-8H2,1H3. The molecule has 19 nitrogen and oxygen atoms in total. The summed E-state index contributed by atoms with van der Waals surface area (Å²) >= 11 is 0. The van der Waals surface area contributed by atoms with Gasteiger partial charge >= 0.3 is 0 Å². The molecule has 7 saturated heterocycles. The number of amides is 6. The lowest BCUT2D eigenvalue weighted by molar-refractivity contribution is -0.135. The Labute approximate surface area is 596 Å². The Balaban J connectivity index is 0.000000166. The summed E-state index contributed by atoms with van der Waals surface area (Å²) in [5.41, 5.74) is 0. The number of likely N-dealkylation sites (N-methyl/N-ethyl adjacent to an activating group) is 6. The highest BCUT2D eigenvalue weighted by atomic mass is 16.5. The van der Waals surface area contributed by atoms with Gasteiger partial charge in [-0.15, -0.1) is 0 Å². The lowest BCUT2D eigenvalue weighted by Gasteiger charge is -2.33. The van der Waals surface area contributed by atoms with E-state index in [0.717, 1.165) is 173 Å². The van der Waals surface area contributed by atoms with E-state index in [9.17, 15) is 28.8 Å². The molecule has 0 bridgehead atoms. The normalized spacial score (nSPS) is 28.9. The maximum atomic E-state index is 12.4.